The molecule has 7 heteroatoms. The van der Waals surface area contributed by atoms with E-state index in [1.807, 2.05) is 0 Å². The van der Waals surface area contributed by atoms with Crippen LogP contribution in [0.1, 0.15) is 22.1 Å². The molecule has 0 bridgehead atoms. The van der Waals surface area contributed by atoms with Crippen LogP contribution in [-0.4, -0.2) is 33.9 Å². The number of nitrogens with one attached hydrogen (secondary N) is 1. The van der Waals surface area contributed by atoms with Crippen LogP contribution < -0.4 is 5.32 Å². The SMILES string of the molecule is O=C(c1cn(C2CNC2)nn1)c1c(F)cccc1F. The van der Waals surface area contributed by atoms with E-state index in [4.69, 9.17) is 0 Å². The molecule has 0 atom stereocenters. The maximum absolute atomic E-state index is 13.5. The van der Waals surface area contributed by atoms with E-state index in [1.165, 1.54) is 16.9 Å². The van der Waals surface area contributed by atoms with Crippen molar-refractivity contribution < 1.29 is 13.6 Å². The monoisotopic (exact) mass is 264 g/mol. The molecular weight excluding hydrogens is 254 g/mol. The molecule has 1 N–H and O–H groups in total. The minimum atomic E-state index is -0.898. The van der Waals surface area contributed by atoms with E-state index < -0.39 is 23.0 Å². The van der Waals surface area contributed by atoms with Gasteiger partial charge in [-0.05, 0) is 12.1 Å². The van der Waals surface area contributed by atoms with Gasteiger partial charge in [0.25, 0.3) is 0 Å². The quantitative estimate of drug-likeness (QED) is 0.838. The van der Waals surface area contributed by atoms with Crippen LogP contribution in [0, 0.1) is 11.6 Å². The van der Waals surface area contributed by atoms with Crippen LogP contribution in [0.2, 0.25) is 0 Å². The summed E-state index contributed by atoms with van der Waals surface area (Å²) < 4.78 is 28.5. The summed E-state index contributed by atoms with van der Waals surface area (Å²) in [4.78, 5) is 12.0. The number of rotatable bonds is 3. The lowest BCUT2D eigenvalue weighted by atomic mass is 10.1. The predicted molar refractivity (Wildman–Crippen MR) is 61.7 cm³/mol. The van der Waals surface area contributed by atoms with Gasteiger partial charge in [0.05, 0.1) is 17.8 Å². The lowest BCUT2D eigenvalue weighted by Gasteiger charge is -2.26. The first-order valence-electron chi connectivity index (χ1n) is 5.78. The van der Waals surface area contributed by atoms with Gasteiger partial charge in [-0.3, -0.25) is 4.79 Å². The largest absolute Gasteiger partial charge is 0.312 e. The maximum atomic E-state index is 13.5. The molecule has 1 aromatic heterocycles. The molecule has 1 aromatic carbocycles. The van der Waals surface area contributed by atoms with Gasteiger partial charge in [-0.15, -0.1) is 5.10 Å². The average Bonchev–Trinajstić information content (AvgIpc) is 2.75. The highest BCUT2D eigenvalue weighted by atomic mass is 19.1. The van der Waals surface area contributed by atoms with Crippen LogP contribution in [-0.2, 0) is 0 Å². The molecule has 1 aliphatic rings. The van der Waals surface area contributed by atoms with Gasteiger partial charge >= 0.3 is 0 Å². The fourth-order valence-corrected chi connectivity index (χ4v) is 1.86. The molecule has 0 amide bonds. The standard InChI is InChI=1S/C12H10F2N4O/c13-8-2-1-3-9(14)11(8)12(19)10-6-18(17-16-10)7-4-15-5-7/h1-3,6-7,15H,4-5H2. The van der Waals surface area contributed by atoms with Gasteiger partial charge in [0.1, 0.15) is 11.6 Å². The number of carbonyl (C=O) groups is 1. The molecule has 0 radical (unpaired) electrons. The summed E-state index contributed by atoms with van der Waals surface area (Å²) in [6.07, 6.45) is 1.42. The minimum absolute atomic E-state index is 0.0594. The van der Waals surface area contributed by atoms with E-state index in [-0.39, 0.29) is 11.7 Å². The zero-order valence-corrected chi connectivity index (χ0v) is 9.81. The van der Waals surface area contributed by atoms with Crippen molar-refractivity contribution in [3.8, 4) is 0 Å². The number of hydrogen-bond acceptors (Lipinski definition) is 4. The van der Waals surface area contributed by atoms with Crippen LogP contribution in [0.3, 0.4) is 0 Å². The first-order chi connectivity index (χ1) is 9.16. The fourth-order valence-electron chi connectivity index (χ4n) is 1.86. The molecule has 0 unspecified atom stereocenters. The Morgan fingerprint density at radius 3 is 2.58 bits per heavy atom. The Bertz CT molecular complexity index is 616. The van der Waals surface area contributed by atoms with Gasteiger partial charge in [0.15, 0.2) is 5.69 Å². The number of halogens is 2. The van der Waals surface area contributed by atoms with E-state index in [9.17, 15) is 13.6 Å². The predicted octanol–water partition coefficient (Wildman–Crippen LogP) is 0.932. The van der Waals surface area contributed by atoms with Gasteiger partial charge in [0, 0.05) is 13.1 Å². The molecule has 0 saturated carbocycles. The summed E-state index contributed by atoms with van der Waals surface area (Å²) in [5.41, 5.74) is -0.655. The highest BCUT2D eigenvalue weighted by Crippen LogP contribution is 2.17. The summed E-state index contributed by atoms with van der Waals surface area (Å²) >= 11 is 0. The van der Waals surface area contributed by atoms with E-state index in [1.54, 1.807) is 0 Å². The second-order valence-corrected chi connectivity index (χ2v) is 4.32. The molecule has 0 spiro atoms. The van der Waals surface area contributed by atoms with E-state index >= 15 is 0 Å². The van der Waals surface area contributed by atoms with Crippen LogP contribution in [0.5, 0.6) is 0 Å². The van der Waals surface area contributed by atoms with Crippen molar-refractivity contribution >= 4 is 5.78 Å². The number of ketones is 1. The van der Waals surface area contributed by atoms with Crippen molar-refractivity contribution in [1.82, 2.24) is 20.3 Å². The third kappa shape index (κ3) is 2.01. The van der Waals surface area contributed by atoms with Crippen molar-refractivity contribution in [3.05, 3.63) is 47.3 Å². The number of nitrogens with zero attached hydrogens (tertiary/aromatic N) is 3. The molecule has 5 nitrogen and oxygen atoms in total. The van der Waals surface area contributed by atoms with Gasteiger partial charge in [0.2, 0.25) is 5.78 Å². The zero-order valence-electron chi connectivity index (χ0n) is 9.81. The molecule has 3 rings (SSSR count). The van der Waals surface area contributed by atoms with Crippen molar-refractivity contribution in [2.24, 2.45) is 0 Å². The average molecular weight is 264 g/mol. The molecule has 0 aliphatic carbocycles. The minimum Gasteiger partial charge on any atom is -0.312 e. The van der Waals surface area contributed by atoms with Crippen LogP contribution >= 0.6 is 0 Å². The summed E-state index contributed by atoms with van der Waals surface area (Å²) in [5.74, 6) is -2.59. The van der Waals surface area contributed by atoms with Crippen molar-refractivity contribution in [2.45, 2.75) is 6.04 Å². The first-order valence-corrected chi connectivity index (χ1v) is 5.78. The van der Waals surface area contributed by atoms with Gasteiger partial charge in [-0.25, -0.2) is 13.5 Å². The van der Waals surface area contributed by atoms with Gasteiger partial charge in [-0.1, -0.05) is 11.3 Å². The summed E-state index contributed by atoms with van der Waals surface area (Å²) in [7, 11) is 0. The number of aromatic nitrogens is 3. The topological polar surface area (TPSA) is 59.8 Å². The maximum Gasteiger partial charge on any atom is 0.220 e. The Morgan fingerprint density at radius 2 is 2.00 bits per heavy atom. The van der Waals surface area contributed by atoms with Crippen molar-refractivity contribution in [1.29, 1.82) is 0 Å². The Balaban J connectivity index is 1.93. The van der Waals surface area contributed by atoms with E-state index in [2.05, 4.69) is 15.6 Å². The first kappa shape index (κ1) is 11.9. The van der Waals surface area contributed by atoms with Crippen LogP contribution in [0.4, 0.5) is 8.78 Å². The molecule has 2 heterocycles. The Labute approximate surface area is 107 Å². The summed E-state index contributed by atoms with van der Waals surface area (Å²) in [6, 6.07) is 3.42. The van der Waals surface area contributed by atoms with E-state index in [0.717, 1.165) is 25.2 Å². The Kier molecular flexibility index (Phi) is 2.83. The van der Waals surface area contributed by atoms with Gasteiger partial charge < -0.3 is 5.32 Å². The smallest absolute Gasteiger partial charge is 0.220 e. The molecule has 19 heavy (non-hydrogen) atoms. The lowest BCUT2D eigenvalue weighted by molar-refractivity contribution is 0.102. The molecule has 1 saturated heterocycles. The second-order valence-electron chi connectivity index (χ2n) is 4.32. The summed E-state index contributed by atoms with van der Waals surface area (Å²) in [5, 5.41) is 10.5. The van der Waals surface area contributed by atoms with E-state index in [0.29, 0.717) is 0 Å². The summed E-state index contributed by atoms with van der Waals surface area (Å²) in [6.45, 7) is 1.48. The van der Waals surface area contributed by atoms with Crippen LogP contribution in [0.15, 0.2) is 24.4 Å². The molecule has 1 fully saturated rings. The third-order valence-corrected chi connectivity index (χ3v) is 3.07. The molecule has 98 valence electrons. The molecule has 1 aliphatic heterocycles. The number of hydrogen-bond donors (Lipinski definition) is 1. The normalized spacial score (nSPS) is 15.3. The van der Waals surface area contributed by atoms with Crippen LogP contribution in [0.25, 0.3) is 0 Å². The molecular formula is C12H10F2N4O. The molecule has 2 aromatic rings. The van der Waals surface area contributed by atoms with Gasteiger partial charge in [-0.2, -0.15) is 0 Å². The number of benzene rings is 1. The van der Waals surface area contributed by atoms with Crippen molar-refractivity contribution in [3.63, 3.8) is 0 Å². The number of carbonyl (C=O) groups excluding carboxylic acids is 1. The highest BCUT2D eigenvalue weighted by Gasteiger charge is 2.24. The second kappa shape index (κ2) is 4.51. The Hall–Kier alpha value is -2.15. The third-order valence-electron chi connectivity index (χ3n) is 3.07. The highest BCUT2D eigenvalue weighted by molar-refractivity contribution is 6.07. The fraction of sp³-hybridized carbons (Fsp3) is 0.250. The Morgan fingerprint density at radius 1 is 1.32 bits per heavy atom. The zero-order chi connectivity index (χ0) is 13.4. The van der Waals surface area contributed by atoms with Crippen molar-refractivity contribution in [2.75, 3.05) is 13.1 Å². The lowest BCUT2D eigenvalue weighted by Crippen LogP contribution is -2.43.